The fourth-order valence-electron chi connectivity index (χ4n) is 0.114. The second kappa shape index (κ2) is 4.08. The normalized spacial score (nSPS) is 11.3. The summed E-state index contributed by atoms with van der Waals surface area (Å²) in [6.07, 6.45) is 5.22. The van der Waals surface area contributed by atoms with Gasteiger partial charge < -0.3 is 10.8 Å². The first-order valence-corrected chi connectivity index (χ1v) is 1.59. The first-order chi connectivity index (χ1) is 2.91. The lowest BCUT2D eigenvalue weighted by molar-refractivity contribution is 0.473. The van der Waals surface area contributed by atoms with Crippen LogP contribution in [0.5, 0.6) is 0 Å². The van der Waals surface area contributed by atoms with Crippen LogP contribution in [0.25, 0.3) is 0 Å². The fourth-order valence-corrected chi connectivity index (χ4v) is 0.114. The highest BCUT2D eigenvalue weighted by Gasteiger charge is 1.50. The van der Waals surface area contributed by atoms with Gasteiger partial charge >= 0.3 is 0 Å². The Labute approximate surface area is 36.6 Å². The van der Waals surface area contributed by atoms with Crippen molar-refractivity contribution in [3.63, 3.8) is 0 Å². The molecule has 0 aromatic rings. The summed E-state index contributed by atoms with van der Waals surface area (Å²) in [6.45, 7) is 0. The van der Waals surface area contributed by atoms with Crippen LogP contribution in [-0.4, -0.2) is 5.11 Å². The molecule has 0 aliphatic rings. The summed E-state index contributed by atoms with van der Waals surface area (Å²) in [7, 11) is 0. The maximum atomic E-state index is 7.91. The van der Waals surface area contributed by atoms with Crippen LogP contribution in [0.3, 0.4) is 0 Å². The molecule has 0 bridgehead atoms. The molecule has 0 aromatic carbocycles. The first kappa shape index (κ1) is 5.08. The maximum Gasteiger partial charge on any atom is 0.0792 e. The van der Waals surface area contributed by atoms with Crippen molar-refractivity contribution in [2.45, 2.75) is 0 Å². The Hall–Kier alpha value is -0.920. The molecule has 0 unspecified atom stereocenters. The van der Waals surface area contributed by atoms with E-state index in [4.69, 9.17) is 10.8 Å². The fraction of sp³-hybridized carbons (Fsp3) is 0. The number of allylic oxidation sites excluding steroid dienone is 2. The lowest BCUT2D eigenvalue weighted by Gasteiger charge is -1.64. The van der Waals surface area contributed by atoms with Gasteiger partial charge in [0, 0.05) is 0 Å². The Balaban J connectivity index is 3.07. The van der Waals surface area contributed by atoms with Gasteiger partial charge in [-0.15, -0.1) is 0 Å². The summed E-state index contributed by atoms with van der Waals surface area (Å²) < 4.78 is 0. The minimum atomic E-state index is 0.920. The van der Waals surface area contributed by atoms with Gasteiger partial charge in [0.15, 0.2) is 0 Å². The van der Waals surface area contributed by atoms with Crippen LogP contribution in [0, 0.1) is 0 Å². The highest BCUT2D eigenvalue weighted by Crippen LogP contribution is 1.64. The molecular weight excluding hydrogens is 78.0 g/mol. The Morgan fingerprint density at radius 2 is 2.00 bits per heavy atom. The molecule has 0 aliphatic carbocycles. The lowest BCUT2D eigenvalue weighted by atomic mass is 10.6. The van der Waals surface area contributed by atoms with Crippen LogP contribution >= 0.6 is 0 Å². The SMILES string of the molecule is N/C=C/C=C/O. The highest BCUT2D eigenvalue weighted by molar-refractivity contribution is 4.96. The summed E-state index contributed by atoms with van der Waals surface area (Å²) in [4.78, 5) is 0. The standard InChI is InChI=1S/C4H7NO/c5-3-1-2-4-6/h1-4,6H,5H2/b3-1+,4-2+. The maximum absolute atomic E-state index is 7.91. The van der Waals surface area contributed by atoms with E-state index in [2.05, 4.69) is 0 Å². The van der Waals surface area contributed by atoms with Crippen molar-refractivity contribution >= 4 is 0 Å². The Morgan fingerprint density at radius 1 is 1.33 bits per heavy atom. The number of hydrogen-bond acceptors (Lipinski definition) is 2. The average Bonchev–Trinajstić information content (AvgIpc) is 1.61. The van der Waals surface area contributed by atoms with E-state index < -0.39 is 0 Å². The van der Waals surface area contributed by atoms with Crippen LogP contribution in [0.2, 0.25) is 0 Å². The van der Waals surface area contributed by atoms with Gasteiger partial charge in [-0.3, -0.25) is 0 Å². The molecule has 3 N–H and O–H groups in total. The van der Waals surface area contributed by atoms with Crippen molar-refractivity contribution in [2.75, 3.05) is 0 Å². The molecule has 0 rings (SSSR count). The van der Waals surface area contributed by atoms with Crippen molar-refractivity contribution in [2.24, 2.45) is 5.73 Å². The predicted molar refractivity (Wildman–Crippen MR) is 25.1 cm³/mol. The Kier molecular flexibility index (Phi) is 3.45. The summed E-state index contributed by atoms with van der Waals surface area (Å²) in [5.74, 6) is 0. The number of aliphatic hydroxyl groups excluding tert-OH is 1. The monoisotopic (exact) mass is 85.1 g/mol. The zero-order valence-electron chi connectivity index (χ0n) is 3.33. The van der Waals surface area contributed by atoms with Crippen molar-refractivity contribution < 1.29 is 5.11 Å². The zero-order valence-corrected chi connectivity index (χ0v) is 3.33. The van der Waals surface area contributed by atoms with Crippen molar-refractivity contribution in [1.82, 2.24) is 0 Å². The third-order valence-corrected chi connectivity index (χ3v) is 0.308. The van der Waals surface area contributed by atoms with E-state index in [1.54, 1.807) is 0 Å². The molecule has 6 heavy (non-hydrogen) atoms. The van der Waals surface area contributed by atoms with Crippen molar-refractivity contribution in [3.8, 4) is 0 Å². The van der Waals surface area contributed by atoms with Crippen LogP contribution in [-0.2, 0) is 0 Å². The summed E-state index contributed by atoms with van der Waals surface area (Å²) in [5, 5.41) is 7.91. The molecule has 0 atom stereocenters. The largest absolute Gasteiger partial charge is 0.516 e. The number of hydrogen-bond donors (Lipinski definition) is 2. The molecule has 0 saturated carbocycles. The van der Waals surface area contributed by atoms with E-state index in [1.165, 1.54) is 18.4 Å². The quantitative estimate of drug-likeness (QED) is 0.360. The second-order valence-electron chi connectivity index (χ2n) is 0.726. The first-order valence-electron chi connectivity index (χ1n) is 1.59. The molecule has 0 spiro atoms. The molecule has 0 heterocycles. The van der Waals surface area contributed by atoms with Crippen LogP contribution in [0.4, 0.5) is 0 Å². The van der Waals surface area contributed by atoms with Gasteiger partial charge in [-0.2, -0.15) is 0 Å². The minimum Gasteiger partial charge on any atom is -0.516 e. The van der Waals surface area contributed by atoms with Gasteiger partial charge in [-0.25, -0.2) is 0 Å². The van der Waals surface area contributed by atoms with Gasteiger partial charge in [0.1, 0.15) is 0 Å². The highest BCUT2D eigenvalue weighted by atomic mass is 16.2. The van der Waals surface area contributed by atoms with Crippen molar-refractivity contribution in [3.05, 3.63) is 24.6 Å². The summed E-state index contributed by atoms with van der Waals surface area (Å²) >= 11 is 0. The van der Waals surface area contributed by atoms with E-state index in [0.717, 1.165) is 6.26 Å². The third-order valence-electron chi connectivity index (χ3n) is 0.308. The summed E-state index contributed by atoms with van der Waals surface area (Å²) in [5.41, 5.74) is 4.87. The number of nitrogens with two attached hydrogens (primary N) is 1. The summed E-state index contributed by atoms with van der Waals surface area (Å²) in [6, 6.07) is 0. The molecule has 0 saturated heterocycles. The Morgan fingerprint density at radius 3 is 2.17 bits per heavy atom. The van der Waals surface area contributed by atoms with E-state index in [1.807, 2.05) is 0 Å². The molecule has 2 nitrogen and oxygen atoms in total. The van der Waals surface area contributed by atoms with Gasteiger partial charge in [0.2, 0.25) is 0 Å². The molecule has 0 aliphatic heterocycles. The minimum absolute atomic E-state index is 0.920. The van der Waals surface area contributed by atoms with E-state index in [-0.39, 0.29) is 0 Å². The molecule has 2 heteroatoms. The number of rotatable bonds is 1. The van der Waals surface area contributed by atoms with Crippen molar-refractivity contribution in [1.29, 1.82) is 0 Å². The molecular formula is C4H7NO. The topological polar surface area (TPSA) is 46.2 Å². The number of aliphatic hydroxyl groups is 1. The molecule has 0 radical (unpaired) electrons. The van der Waals surface area contributed by atoms with Gasteiger partial charge in [0.05, 0.1) is 6.26 Å². The van der Waals surface area contributed by atoms with E-state index in [9.17, 15) is 0 Å². The third kappa shape index (κ3) is 3.08. The molecule has 0 amide bonds. The average molecular weight is 85.1 g/mol. The molecule has 0 aromatic heterocycles. The predicted octanol–water partition coefficient (Wildman–Crippen LogP) is 0.531. The van der Waals surface area contributed by atoms with Gasteiger partial charge in [0.25, 0.3) is 0 Å². The molecule has 0 fully saturated rings. The van der Waals surface area contributed by atoms with Crippen LogP contribution < -0.4 is 5.73 Å². The zero-order chi connectivity index (χ0) is 4.83. The lowest BCUT2D eigenvalue weighted by Crippen LogP contribution is -1.71. The van der Waals surface area contributed by atoms with E-state index >= 15 is 0 Å². The smallest absolute Gasteiger partial charge is 0.0792 e. The van der Waals surface area contributed by atoms with Crippen LogP contribution in [0.15, 0.2) is 24.6 Å². The van der Waals surface area contributed by atoms with E-state index in [0.29, 0.717) is 0 Å². The van der Waals surface area contributed by atoms with Crippen LogP contribution in [0.1, 0.15) is 0 Å². The van der Waals surface area contributed by atoms with Gasteiger partial charge in [-0.05, 0) is 18.4 Å². The van der Waals surface area contributed by atoms with Gasteiger partial charge in [-0.1, -0.05) is 0 Å². The second-order valence-corrected chi connectivity index (χ2v) is 0.726. The molecule has 34 valence electrons. The Bertz CT molecular complexity index is 55.9.